The van der Waals surface area contributed by atoms with Crippen molar-refractivity contribution in [2.75, 3.05) is 12.9 Å². The van der Waals surface area contributed by atoms with Crippen molar-refractivity contribution in [1.82, 2.24) is 5.32 Å². The van der Waals surface area contributed by atoms with E-state index in [0.29, 0.717) is 0 Å². The molecule has 1 aromatic rings. The van der Waals surface area contributed by atoms with Crippen LogP contribution in [0.2, 0.25) is 0 Å². The molecular formula is C15H20FNO3S. The van der Waals surface area contributed by atoms with Crippen LogP contribution < -0.4 is 5.32 Å². The predicted octanol–water partition coefficient (Wildman–Crippen LogP) is 2.62. The van der Waals surface area contributed by atoms with Crippen molar-refractivity contribution in [2.45, 2.75) is 31.2 Å². The van der Waals surface area contributed by atoms with E-state index >= 15 is 0 Å². The fourth-order valence-corrected chi connectivity index (χ4v) is 2.40. The van der Waals surface area contributed by atoms with E-state index in [2.05, 4.69) is 5.32 Å². The van der Waals surface area contributed by atoms with Gasteiger partial charge in [0.2, 0.25) is 5.91 Å². The Morgan fingerprint density at radius 2 is 1.95 bits per heavy atom. The predicted molar refractivity (Wildman–Crippen MR) is 80.5 cm³/mol. The molecule has 0 spiro atoms. The van der Waals surface area contributed by atoms with E-state index < -0.39 is 12.0 Å². The Kier molecular flexibility index (Phi) is 7.22. The average molecular weight is 313 g/mol. The number of hydrogen-bond donors (Lipinski definition) is 1. The van der Waals surface area contributed by atoms with E-state index in [0.717, 1.165) is 11.3 Å². The minimum absolute atomic E-state index is 0.00257. The Bertz CT molecular complexity index is 478. The van der Waals surface area contributed by atoms with Gasteiger partial charge in [-0.25, -0.2) is 9.18 Å². The molecule has 1 rings (SSSR count). The number of carbonyl (C=O) groups is 2. The molecule has 0 aliphatic heterocycles. The summed E-state index contributed by atoms with van der Waals surface area (Å²) in [5.41, 5.74) is 0. The van der Waals surface area contributed by atoms with E-state index in [1.165, 1.54) is 31.0 Å². The Morgan fingerprint density at radius 3 is 2.48 bits per heavy atom. The Labute approximate surface area is 128 Å². The van der Waals surface area contributed by atoms with Gasteiger partial charge < -0.3 is 10.1 Å². The second-order valence-electron chi connectivity index (χ2n) is 4.70. The molecule has 0 radical (unpaired) electrons. The van der Waals surface area contributed by atoms with Crippen LogP contribution in [0, 0.1) is 11.7 Å². The maximum absolute atomic E-state index is 12.8. The van der Waals surface area contributed by atoms with Crippen molar-refractivity contribution < 1.29 is 18.7 Å². The monoisotopic (exact) mass is 313 g/mol. The van der Waals surface area contributed by atoms with Crippen LogP contribution in [-0.4, -0.2) is 30.8 Å². The first-order chi connectivity index (χ1) is 9.97. The first kappa shape index (κ1) is 17.5. The summed E-state index contributed by atoms with van der Waals surface area (Å²) in [6.07, 6.45) is 0.755. The van der Waals surface area contributed by atoms with Gasteiger partial charge in [0.05, 0.1) is 12.9 Å². The summed E-state index contributed by atoms with van der Waals surface area (Å²) in [5, 5.41) is 2.69. The number of hydrogen-bond acceptors (Lipinski definition) is 4. The summed E-state index contributed by atoms with van der Waals surface area (Å²) in [4.78, 5) is 24.4. The van der Waals surface area contributed by atoms with Crippen molar-refractivity contribution in [2.24, 2.45) is 5.92 Å². The molecular weight excluding hydrogens is 293 g/mol. The number of benzene rings is 1. The second-order valence-corrected chi connectivity index (χ2v) is 5.75. The third kappa shape index (κ3) is 5.75. The SMILES string of the molecule is CC[C@H](C)[C@@H](NC(=O)CSc1ccc(F)cc1)C(=O)OC. The normalized spacial score (nSPS) is 13.3. The smallest absolute Gasteiger partial charge is 0.328 e. The van der Waals surface area contributed by atoms with E-state index in [-0.39, 0.29) is 23.4 Å². The molecule has 0 aliphatic rings. The zero-order valence-electron chi connectivity index (χ0n) is 12.4. The minimum Gasteiger partial charge on any atom is -0.467 e. The van der Waals surface area contributed by atoms with Gasteiger partial charge in [-0.1, -0.05) is 20.3 Å². The van der Waals surface area contributed by atoms with Crippen LogP contribution in [0.1, 0.15) is 20.3 Å². The standard InChI is InChI=1S/C15H20FNO3S/c1-4-10(2)14(15(19)20-3)17-13(18)9-21-12-7-5-11(16)6-8-12/h5-8,10,14H,4,9H2,1-3H3,(H,17,18)/t10-,14+/m0/s1. The summed E-state index contributed by atoms with van der Waals surface area (Å²) in [6, 6.07) is 5.27. The molecule has 0 fully saturated rings. The number of esters is 1. The van der Waals surface area contributed by atoms with Gasteiger partial charge in [-0.3, -0.25) is 4.79 Å². The van der Waals surface area contributed by atoms with Gasteiger partial charge in [-0.15, -0.1) is 11.8 Å². The van der Waals surface area contributed by atoms with Gasteiger partial charge in [-0.05, 0) is 30.2 Å². The second kappa shape index (κ2) is 8.67. The molecule has 2 atom stereocenters. The summed E-state index contributed by atoms with van der Waals surface area (Å²) >= 11 is 1.29. The lowest BCUT2D eigenvalue weighted by Crippen LogP contribution is -2.46. The highest BCUT2D eigenvalue weighted by Crippen LogP contribution is 2.18. The van der Waals surface area contributed by atoms with E-state index in [1.54, 1.807) is 12.1 Å². The number of carbonyl (C=O) groups excluding carboxylic acids is 2. The highest BCUT2D eigenvalue weighted by molar-refractivity contribution is 8.00. The maximum Gasteiger partial charge on any atom is 0.328 e. The van der Waals surface area contributed by atoms with Gasteiger partial charge in [0.25, 0.3) is 0 Å². The van der Waals surface area contributed by atoms with Gasteiger partial charge in [0, 0.05) is 4.90 Å². The van der Waals surface area contributed by atoms with Crippen LogP contribution in [0.3, 0.4) is 0 Å². The highest BCUT2D eigenvalue weighted by Gasteiger charge is 2.26. The fourth-order valence-electron chi connectivity index (χ4n) is 1.69. The summed E-state index contributed by atoms with van der Waals surface area (Å²) in [5.74, 6) is -0.844. The van der Waals surface area contributed by atoms with Crippen molar-refractivity contribution in [3.8, 4) is 0 Å². The lowest BCUT2D eigenvalue weighted by atomic mass is 9.99. The molecule has 116 valence electrons. The van der Waals surface area contributed by atoms with Crippen molar-refractivity contribution in [3.05, 3.63) is 30.1 Å². The molecule has 0 aromatic heterocycles. The molecule has 1 amide bonds. The Hall–Kier alpha value is -1.56. The molecule has 4 nitrogen and oxygen atoms in total. The molecule has 0 saturated carbocycles. The molecule has 1 N–H and O–H groups in total. The number of rotatable bonds is 7. The molecule has 0 heterocycles. The first-order valence-electron chi connectivity index (χ1n) is 6.73. The van der Waals surface area contributed by atoms with E-state index in [1.807, 2.05) is 13.8 Å². The number of ether oxygens (including phenoxy) is 1. The van der Waals surface area contributed by atoms with Gasteiger partial charge in [-0.2, -0.15) is 0 Å². The van der Waals surface area contributed by atoms with E-state index in [9.17, 15) is 14.0 Å². The van der Waals surface area contributed by atoms with Crippen LogP contribution in [0.5, 0.6) is 0 Å². The lowest BCUT2D eigenvalue weighted by molar-refractivity contribution is -0.146. The van der Waals surface area contributed by atoms with E-state index in [4.69, 9.17) is 4.74 Å². The maximum atomic E-state index is 12.8. The third-order valence-corrected chi connectivity index (χ3v) is 4.18. The largest absolute Gasteiger partial charge is 0.467 e. The molecule has 1 aromatic carbocycles. The average Bonchev–Trinajstić information content (AvgIpc) is 2.50. The Morgan fingerprint density at radius 1 is 1.33 bits per heavy atom. The number of thioether (sulfide) groups is 1. The van der Waals surface area contributed by atoms with Gasteiger partial charge >= 0.3 is 5.97 Å². The van der Waals surface area contributed by atoms with Crippen LogP contribution >= 0.6 is 11.8 Å². The summed E-state index contributed by atoms with van der Waals surface area (Å²) < 4.78 is 17.5. The quantitative estimate of drug-likeness (QED) is 0.621. The zero-order chi connectivity index (χ0) is 15.8. The van der Waals surface area contributed by atoms with Gasteiger partial charge in [0.15, 0.2) is 0 Å². The summed E-state index contributed by atoms with van der Waals surface area (Å²) in [6.45, 7) is 3.83. The van der Waals surface area contributed by atoms with Crippen LogP contribution in [0.25, 0.3) is 0 Å². The lowest BCUT2D eigenvalue weighted by Gasteiger charge is -2.21. The van der Waals surface area contributed by atoms with Gasteiger partial charge in [0.1, 0.15) is 11.9 Å². The van der Waals surface area contributed by atoms with Crippen molar-refractivity contribution >= 4 is 23.6 Å². The number of halogens is 1. The molecule has 0 saturated heterocycles. The molecule has 0 unspecified atom stereocenters. The van der Waals surface area contributed by atoms with Crippen molar-refractivity contribution in [1.29, 1.82) is 0 Å². The minimum atomic E-state index is -0.638. The van der Waals surface area contributed by atoms with Crippen LogP contribution in [0.15, 0.2) is 29.2 Å². The number of amides is 1. The number of methoxy groups -OCH3 is 1. The third-order valence-electron chi connectivity index (χ3n) is 3.17. The molecule has 0 aliphatic carbocycles. The molecule has 6 heteroatoms. The topological polar surface area (TPSA) is 55.4 Å². The highest BCUT2D eigenvalue weighted by atomic mass is 32.2. The fraction of sp³-hybridized carbons (Fsp3) is 0.467. The molecule has 21 heavy (non-hydrogen) atoms. The zero-order valence-corrected chi connectivity index (χ0v) is 13.2. The van der Waals surface area contributed by atoms with Crippen LogP contribution in [-0.2, 0) is 14.3 Å². The first-order valence-corrected chi connectivity index (χ1v) is 7.72. The van der Waals surface area contributed by atoms with Crippen LogP contribution in [0.4, 0.5) is 4.39 Å². The van der Waals surface area contributed by atoms with Crippen molar-refractivity contribution in [3.63, 3.8) is 0 Å². The Balaban J connectivity index is 2.53. The number of nitrogens with one attached hydrogen (secondary N) is 1. The summed E-state index contributed by atoms with van der Waals surface area (Å²) in [7, 11) is 1.30. The molecule has 0 bridgehead atoms.